The second-order valence-electron chi connectivity index (χ2n) is 4.67. The van der Waals surface area contributed by atoms with Crippen molar-refractivity contribution in [3.8, 4) is 0 Å². The van der Waals surface area contributed by atoms with Crippen LogP contribution in [-0.4, -0.2) is 33.7 Å². The van der Waals surface area contributed by atoms with Crippen LogP contribution in [0.5, 0.6) is 0 Å². The summed E-state index contributed by atoms with van der Waals surface area (Å²) in [5.41, 5.74) is -0.729. The maximum Gasteiger partial charge on any atom is 0.347 e. The van der Waals surface area contributed by atoms with Gasteiger partial charge in [0.1, 0.15) is 6.54 Å². The molecule has 1 rings (SSSR count). The van der Waals surface area contributed by atoms with E-state index < -0.39 is 5.69 Å². The summed E-state index contributed by atoms with van der Waals surface area (Å²) in [6.45, 7) is 4.36. The van der Waals surface area contributed by atoms with Gasteiger partial charge in [-0.15, -0.1) is 0 Å². The molecule has 0 saturated heterocycles. The summed E-state index contributed by atoms with van der Waals surface area (Å²) in [4.78, 5) is 26.7. The maximum absolute atomic E-state index is 11.8. The van der Waals surface area contributed by atoms with E-state index in [4.69, 9.17) is 0 Å². The predicted octanol–water partition coefficient (Wildman–Crippen LogP) is 0.158. The van der Waals surface area contributed by atoms with Crippen molar-refractivity contribution in [3.63, 3.8) is 0 Å². The molecule has 0 aliphatic carbocycles. The first-order valence-electron chi connectivity index (χ1n) is 6.46. The van der Waals surface area contributed by atoms with Crippen LogP contribution in [0.3, 0.4) is 0 Å². The summed E-state index contributed by atoms with van der Waals surface area (Å²) in [5, 5.41) is 12.2. The highest BCUT2D eigenvalue weighted by molar-refractivity contribution is 5.75. The van der Waals surface area contributed by atoms with Crippen molar-refractivity contribution in [2.75, 3.05) is 13.2 Å². The van der Waals surface area contributed by atoms with Crippen LogP contribution < -0.4 is 11.0 Å². The number of aliphatic hydroxyl groups excluding tert-OH is 1. The fourth-order valence-corrected chi connectivity index (χ4v) is 1.78. The van der Waals surface area contributed by atoms with Gasteiger partial charge in [-0.1, -0.05) is 13.8 Å². The lowest BCUT2D eigenvalue weighted by molar-refractivity contribution is -0.122. The Morgan fingerprint density at radius 2 is 2.16 bits per heavy atom. The molecule has 0 spiro atoms. The average Bonchev–Trinajstić information content (AvgIpc) is 2.44. The van der Waals surface area contributed by atoms with Crippen LogP contribution in [0, 0.1) is 5.41 Å². The van der Waals surface area contributed by atoms with Gasteiger partial charge in [-0.25, -0.2) is 9.78 Å². The van der Waals surface area contributed by atoms with E-state index in [1.54, 1.807) is 6.07 Å². The van der Waals surface area contributed by atoms with Crippen LogP contribution >= 0.6 is 0 Å². The summed E-state index contributed by atoms with van der Waals surface area (Å²) in [5.74, 6) is -0.255. The number of nitrogens with one attached hydrogen (secondary N) is 1. The molecule has 6 nitrogen and oxygen atoms in total. The Balaban J connectivity index is 2.57. The number of carbonyl (C=O) groups is 1. The van der Waals surface area contributed by atoms with Gasteiger partial charge in [0.2, 0.25) is 5.91 Å². The van der Waals surface area contributed by atoms with E-state index in [2.05, 4.69) is 10.3 Å². The van der Waals surface area contributed by atoms with Gasteiger partial charge in [0.25, 0.3) is 0 Å². The van der Waals surface area contributed by atoms with E-state index in [0.29, 0.717) is 6.54 Å². The third-order valence-corrected chi connectivity index (χ3v) is 3.59. The van der Waals surface area contributed by atoms with Crippen molar-refractivity contribution >= 4 is 5.91 Å². The summed E-state index contributed by atoms with van der Waals surface area (Å²) in [7, 11) is 0. The molecule has 0 aromatic carbocycles. The Morgan fingerprint density at radius 3 is 2.68 bits per heavy atom. The van der Waals surface area contributed by atoms with Crippen molar-refractivity contribution in [1.82, 2.24) is 14.9 Å². The van der Waals surface area contributed by atoms with Gasteiger partial charge in [-0.05, 0) is 18.9 Å². The number of nitrogens with zero attached hydrogens (tertiary/aromatic N) is 2. The van der Waals surface area contributed by atoms with Crippen LogP contribution in [0.4, 0.5) is 0 Å². The molecule has 1 aromatic heterocycles. The van der Waals surface area contributed by atoms with Crippen LogP contribution in [-0.2, 0) is 11.3 Å². The molecule has 2 N–H and O–H groups in total. The zero-order valence-electron chi connectivity index (χ0n) is 11.4. The van der Waals surface area contributed by atoms with Crippen molar-refractivity contribution in [2.24, 2.45) is 5.41 Å². The van der Waals surface area contributed by atoms with Crippen LogP contribution in [0.1, 0.15) is 26.7 Å². The highest BCUT2D eigenvalue weighted by Crippen LogP contribution is 2.24. The van der Waals surface area contributed by atoms with E-state index in [-0.39, 0.29) is 24.5 Å². The molecule has 106 valence electrons. The molecule has 0 fully saturated rings. The van der Waals surface area contributed by atoms with Crippen LogP contribution in [0.25, 0.3) is 0 Å². The van der Waals surface area contributed by atoms with E-state index in [0.717, 1.165) is 12.8 Å². The van der Waals surface area contributed by atoms with Gasteiger partial charge in [0, 0.05) is 24.4 Å². The lowest BCUT2D eigenvalue weighted by atomic mass is 9.83. The SMILES string of the molecule is CCC(CC)(CO)CNC(=O)Cn1cccnc1=O. The zero-order valence-corrected chi connectivity index (χ0v) is 11.4. The van der Waals surface area contributed by atoms with Gasteiger partial charge < -0.3 is 10.4 Å². The lowest BCUT2D eigenvalue weighted by Gasteiger charge is -2.29. The van der Waals surface area contributed by atoms with Gasteiger partial charge in [-0.3, -0.25) is 9.36 Å². The minimum absolute atomic E-state index is 0.0348. The van der Waals surface area contributed by atoms with Crippen molar-refractivity contribution < 1.29 is 9.90 Å². The second kappa shape index (κ2) is 7.04. The standard InChI is InChI=1S/C13H21N3O3/c1-3-13(4-2,10-17)9-15-11(18)8-16-7-5-6-14-12(16)19/h5-7,17H,3-4,8-10H2,1-2H3,(H,15,18). The summed E-state index contributed by atoms with van der Waals surface area (Å²) in [6, 6.07) is 1.60. The van der Waals surface area contributed by atoms with Gasteiger partial charge in [0.15, 0.2) is 0 Å². The fourth-order valence-electron chi connectivity index (χ4n) is 1.78. The highest BCUT2D eigenvalue weighted by atomic mass is 16.3. The number of hydrogen-bond acceptors (Lipinski definition) is 4. The van der Waals surface area contributed by atoms with E-state index in [9.17, 15) is 14.7 Å². The van der Waals surface area contributed by atoms with E-state index in [1.807, 2.05) is 13.8 Å². The first-order chi connectivity index (χ1) is 9.06. The highest BCUT2D eigenvalue weighted by Gasteiger charge is 2.25. The minimum Gasteiger partial charge on any atom is -0.396 e. The molecule has 0 bridgehead atoms. The Bertz CT molecular complexity index is 458. The quantitative estimate of drug-likeness (QED) is 0.737. The molecule has 0 saturated carbocycles. The topological polar surface area (TPSA) is 84.2 Å². The molecular formula is C13H21N3O3. The lowest BCUT2D eigenvalue weighted by Crippen LogP contribution is -2.41. The molecule has 0 atom stereocenters. The first-order valence-corrected chi connectivity index (χ1v) is 6.46. The predicted molar refractivity (Wildman–Crippen MR) is 71.6 cm³/mol. The smallest absolute Gasteiger partial charge is 0.347 e. The van der Waals surface area contributed by atoms with Crippen LogP contribution in [0.15, 0.2) is 23.3 Å². The molecule has 0 radical (unpaired) electrons. The van der Waals surface area contributed by atoms with E-state index in [1.165, 1.54) is 17.0 Å². The largest absolute Gasteiger partial charge is 0.396 e. The molecule has 1 amide bonds. The average molecular weight is 267 g/mol. The van der Waals surface area contributed by atoms with Crippen LogP contribution in [0.2, 0.25) is 0 Å². The van der Waals surface area contributed by atoms with Crippen molar-refractivity contribution in [1.29, 1.82) is 0 Å². The Kier molecular flexibility index (Phi) is 5.69. The Morgan fingerprint density at radius 1 is 1.47 bits per heavy atom. The van der Waals surface area contributed by atoms with Crippen molar-refractivity contribution in [3.05, 3.63) is 28.9 Å². The molecule has 19 heavy (non-hydrogen) atoms. The molecule has 1 heterocycles. The number of carbonyl (C=O) groups excluding carboxylic acids is 1. The Hall–Kier alpha value is -1.69. The van der Waals surface area contributed by atoms with Gasteiger partial charge in [0.05, 0.1) is 6.61 Å². The fraction of sp³-hybridized carbons (Fsp3) is 0.615. The number of hydrogen-bond donors (Lipinski definition) is 2. The van der Waals surface area contributed by atoms with Gasteiger partial charge >= 0.3 is 5.69 Å². The molecule has 0 unspecified atom stereocenters. The molecule has 0 aliphatic heterocycles. The minimum atomic E-state index is -0.447. The number of aromatic nitrogens is 2. The maximum atomic E-state index is 11.8. The molecule has 6 heteroatoms. The van der Waals surface area contributed by atoms with Crippen molar-refractivity contribution in [2.45, 2.75) is 33.2 Å². The molecule has 0 aliphatic rings. The van der Waals surface area contributed by atoms with Gasteiger partial charge in [-0.2, -0.15) is 0 Å². The summed E-state index contributed by atoms with van der Waals surface area (Å²) >= 11 is 0. The summed E-state index contributed by atoms with van der Waals surface area (Å²) in [6.07, 6.45) is 4.48. The normalized spacial score (nSPS) is 11.3. The van der Waals surface area contributed by atoms with E-state index >= 15 is 0 Å². The third-order valence-electron chi connectivity index (χ3n) is 3.59. The monoisotopic (exact) mass is 267 g/mol. The number of amides is 1. The molecule has 1 aromatic rings. The zero-order chi connectivity index (χ0) is 14.3. The summed E-state index contributed by atoms with van der Waals surface area (Å²) < 4.78 is 1.24. The number of rotatable bonds is 7. The molecular weight excluding hydrogens is 246 g/mol. The first kappa shape index (κ1) is 15.4. The Labute approximate surface area is 112 Å². The second-order valence-corrected chi connectivity index (χ2v) is 4.67. The number of aliphatic hydroxyl groups is 1. The third kappa shape index (κ3) is 4.17.